The van der Waals surface area contributed by atoms with Gasteiger partial charge in [0.1, 0.15) is 11.9 Å². The molecule has 3 heterocycles. The number of nitrogens with one attached hydrogen (secondary N) is 2. The Balaban J connectivity index is 1.33. The maximum Gasteiger partial charge on any atom is 0.257 e. The number of piperidine rings is 1. The van der Waals surface area contributed by atoms with E-state index in [0.29, 0.717) is 75.3 Å². The second kappa shape index (κ2) is 15.3. The van der Waals surface area contributed by atoms with Gasteiger partial charge in [-0.25, -0.2) is 4.39 Å². The minimum absolute atomic E-state index is 0.0626. The molecule has 10 nitrogen and oxygen atoms in total. The summed E-state index contributed by atoms with van der Waals surface area (Å²) in [6.07, 6.45) is 2.98. The lowest BCUT2D eigenvalue weighted by Crippen LogP contribution is -2.56. The van der Waals surface area contributed by atoms with Crippen LogP contribution in [0.3, 0.4) is 0 Å². The van der Waals surface area contributed by atoms with Crippen molar-refractivity contribution in [3.63, 3.8) is 0 Å². The Bertz CT molecular complexity index is 1510. The number of fused-ring (bicyclic) bond motifs is 3. The molecule has 0 aliphatic carbocycles. The summed E-state index contributed by atoms with van der Waals surface area (Å²) in [5, 5.41) is 6.32. The van der Waals surface area contributed by atoms with Gasteiger partial charge in [0.25, 0.3) is 11.8 Å². The third-order valence-corrected chi connectivity index (χ3v) is 9.80. The van der Waals surface area contributed by atoms with Crippen molar-refractivity contribution < 1.29 is 28.4 Å². The lowest BCUT2D eigenvalue weighted by atomic mass is 9.94. The van der Waals surface area contributed by atoms with Gasteiger partial charge in [0, 0.05) is 44.7 Å². The van der Waals surface area contributed by atoms with E-state index < -0.39 is 29.7 Å². The first kappa shape index (κ1) is 34.3. The summed E-state index contributed by atoms with van der Waals surface area (Å²) in [5.41, 5.74) is 1.11. The smallest absolute Gasteiger partial charge is 0.257 e. The largest absolute Gasteiger partial charge is 0.355 e. The lowest BCUT2D eigenvalue weighted by Gasteiger charge is -2.36. The minimum Gasteiger partial charge on any atom is -0.355 e. The Labute approximate surface area is 280 Å². The summed E-state index contributed by atoms with van der Waals surface area (Å²) in [5.74, 6) is -2.72. The van der Waals surface area contributed by atoms with E-state index in [0.717, 1.165) is 5.56 Å². The Morgan fingerprint density at radius 2 is 1.70 bits per heavy atom. The van der Waals surface area contributed by atoms with Gasteiger partial charge >= 0.3 is 0 Å². The van der Waals surface area contributed by atoms with Crippen molar-refractivity contribution in [2.24, 2.45) is 11.8 Å². The van der Waals surface area contributed by atoms with Crippen LogP contribution >= 0.6 is 11.6 Å². The third-order valence-electron chi connectivity index (χ3n) is 9.47. The normalized spacial score (nSPS) is 22.1. The van der Waals surface area contributed by atoms with Gasteiger partial charge in [-0.1, -0.05) is 43.6 Å². The molecule has 2 saturated heterocycles. The molecule has 5 amide bonds. The van der Waals surface area contributed by atoms with E-state index in [1.807, 2.05) is 13.8 Å². The monoisotopic (exact) mass is 667 g/mol. The summed E-state index contributed by atoms with van der Waals surface area (Å²) in [6.45, 7) is 5.20. The van der Waals surface area contributed by atoms with Gasteiger partial charge < -0.3 is 25.3 Å². The van der Waals surface area contributed by atoms with Gasteiger partial charge in [0.15, 0.2) is 0 Å². The van der Waals surface area contributed by atoms with Crippen LogP contribution in [0.2, 0.25) is 5.02 Å². The fraction of sp³-hybridized carbons (Fsp3) is 0.514. The van der Waals surface area contributed by atoms with E-state index in [1.54, 1.807) is 35.2 Å². The number of rotatable bonds is 3. The molecule has 0 saturated carbocycles. The molecule has 2 atom stereocenters. The summed E-state index contributed by atoms with van der Waals surface area (Å²) in [4.78, 5) is 72.1. The molecular formula is C35H43ClFN5O5. The molecule has 2 fully saturated rings. The van der Waals surface area contributed by atoms with Crippen LogP contribution in [0.4, 0.5) is 4.39 Å². The molecule has 0 radical (unpaired) electrons. The van der Waals surface area contributed by atoms with Gasteiger partial charge in [-0.3, -0.25) is 24.0 Å². The Morgan fingerprint density at radius 3 is 2.43 bits per heavy atom. The van der Waals surface area contributed by atoms with Crippen molar-refractivity contribution >= 4 is 41.1 Å². The number of aryl methyl sites for hydroxylation is 1. The number of amides is 5. The Kier molecular flexibility index (Phi) is 11.2. The topological polar surface area (TPSA) is 119 Å². The second-order valence-electron chi connectivity index (χ2n) is 13.0. The molecule has 0 spiro atoms. The van der Waals surface area contributed by atoms with Crippen LogP contribution in [0.5, 0.6) is 0 Å². The number of hydrogen-bond acceptors (Lipinski definition) is 5. The molecule has 0 unspecified atom stereocenters. The van der Waals surface area contributed by atoms with Crippen LogP contribution in [-0.4, -0.2) is 95.6 Å². The van der Waals surface area contributed by atoms with Gasteiger partial charge in [-0.05, 0) is 74.3 Å². The zero-order chi connectivity index (χ0) is 33.7. The molecule has 5 rings (SSSR count). The predicted octanol–water partition coefficient (Wildman–Crippen LogP) is 3.67. The average Bonchev–Trinajstić information content (AvgIpc) is 3.56. The number of carbonyl (C=O) groups excluding carboxylic acids is 5. The Morgan fingerprint density at radius 1 is 0.957 bits per heavy atom. The summed E-state index contributed by atoms with van der Waals surface area (Å²) >= 11 is 6.25. The van der Waals surface area contributed by atoms with Crippen molar-refractivity contribution in [3.05, 3.63) is 70.0 Å². The number of carbonyl (C=O) groups is 5. The zero-order valence-electron chi connectivity index (χ0n) is 27.0. The number of nitrogens with zero attached hydrogens (tertiary/aromatic N) is 3. The maximum atomic E-state index is 14.8. The van der Waals surface area contributed by atoms with Gasteiger partial charge in [0.2, 0.25) is 17.7 Å². The van der Waals surface area contributed by atoms with E-state index >= 15 is 0 Å². The quantitative estimate of drug-likeness (QED) is 0.518. The fourth-order valence-corrected chi connectivity index (χ4v) is 6.86. The van der Waals surface area contributed by atoms with Crippen molar-refractivity contribution in [1.82, 2.24) is 25.3 Å². The summed E-state index contributed by atoms with van der Waals surface area (Å²) < 4.78 is 14.8. The minimum atomic E-state index is -0.769. The Hall–Kier alpha value is -3.99. The van der Waals surface area contributed by atoms with Crippen LogP contribution in [-0.2, 0) is 20.8 Å². The van der Waals surface area contributed by atoms with E-state index in [-0.39, 0.29) is 48.2 Å². The zero-order valence-corrected chi connectivity index (χ0v) is 27.7. The first-order valence-electron chi connectivity index (χ1n) is 16.5. The van der Waals surface area contributed by atoms with E-state index in [9.17, 15) is 28.4 Å². The second-order valence-corrected chi connectivity index (χ2v) is 13.5. The molecule has 2 aromatic carbocycles. The molecule has 3 aliphatic rings. The lowest BCUT2D eigenvalue weighted by molar-refractivity contribution is -0.141. The van der Waals surface area contributed by atoms with Gasteiger partial charge in [-0.2, -0.15) is 0 Å². The molecule has 47 heavy (non-hydrogen) atoms. The molecule has 3 aliphatic heterocycles. The molecule has 252 valence electrons. The van der Waals surface area contributed by atoms with Crippen LogP contribution in [0.15, 0.2) is 42.5 Å². The van der Waals surface area contributed by atoms with Crippen LogP contribution < -0.4 is 10.6 Å². The number of hydrogen-bond donors (Lipinski definition) is 2. The average molecular weight is 668 g/mol. The van der Waals surface area contributed by atoms with Crippen LogP contribution in [0, 0.1) is 17.7 Å². The van der Waals surface area contributed by atoms with E-state index in [4.69, 9.17) is 11.6 Å². The fourth-order valence-electron chi connectivity index (χ4n) is 6.64. The van der Waals surface area contributed by atoms with Crippen molar-refractivity contribution in [1.29, 1.82) is 0 Å². The van der Waals surface area contributed by atoms with E-state index in [1.165, 1.54) is 21.9 Å². The first-order chi connectivity index (χ1) is 22.5. The molecule has 12 heteroatoms. The molecule has 2 N–H and O–H groups in total. The third kappa shape index (κ3) is 8.12. The van der Waals surface area contributed by atoms with Gasteiger partial charge in [-0.15, -0.1) is 0 Å². The highest BCUT2D eigenvalue weighted by Crippen LogP contribution is 2.26. The maximum absolute atomic E-state index is 14.8. The van der Waals surface area contributed by atoms with Gasteiger partial charge in [0.05, 0.1) is 22.7 Å². The number of halogens is 2. The van der Waals surface area contributed by atoms with Crippen molar-refractivity contribution in [3.8, 4) is 0 Å². The summed E-state index contributed by atoms with van der Waals surface area (Å²) in [7, 11) is 0. The molecule has 2 bridgehead atoms. The first-order valence-corrected chi connectivity index (χ1v) is 16.9. The van der Waals surface area contributed by atoms with Crippen molar-refractivity contribution in [2.75, 3.05) is 39.3 Å². The van der Waals surface area contributed by atoms with E-state index in [2.05, 4.69) is 10.6 Å². The highest BCUT2D eigenvalue weighted by molar-refractivity contribution is 6.33. The van der Waals surface area contributed by atoms with Crippen LogP contribution in [0.1, 0.15) is 72.2 Å². The highest BCUT2D eigenvalue weighted by Gasteiger charge is 2.38. The molecule has 0 aromatic heterocycles. The highest BCUT2D eigenvalue weighted by atomic mass is 35.5. The molecular weight excluding hydrogens is 625 g/mol. The standard InChI is InChI=1S/C35H43ClFN5O5/c1-22(2)29-20-41(33(45)24-13-17-40(18-14-24)34(46)25-8-3-4-9-27(25)36)21-31(43)38-15-5-7-23-11-12-28(37)26(19-23)35(47)42-16-6-10-30(42)32(44)39-29/h3-4,8-9,11-12,19,22,24,29-30H,5-7,10,13-18,20-21H2,1-2H3,(H,38,43)(H,39,44)/t29-,30-/m0/s1. The van der Waals surface area contributed by atoms with Crippen molar-refractivity contribution in [2.45, 2.75) is 64.5 Å². The SMILES string of the molecule is CC(C)[C@@H]1CN(C(=O)C2CCN(C(=O)c3ccccc3Cl)CC2)CC(=O)NCCCc2ccc(F)c(c2)C(=O)N2CCC[C@H]2C(=O)N1. The number of benzene rings is 2. The number of likely N-dealkylation sites (tertiary alicyclic amines) is 1. The molecule has 2 aromatic rings. The predicted molar refractivity (Wildman–Crippen MR) is 175 cm³/mol. The summed E-state index contributed by atoms with van der Waals surface area (Å²) in [6, 6.07) is 10.0. The van der Waals surface area contributed by atoms with Crippen LogP contribution in [0.25, 0.3) is 0 Å².